The summed E-state index contributed by atoms with van der Waals surface area (Å²) in [5, 5.41) is 0. The minimum Gasteiger partial charge on any atom is -0.414 e. The number of rotatable bonds is 27. The van der Waals surface area contributed by atoms with Gasteiger partial charge in [-0.2, -0.15) is 0 Å². The zero-order valence-electron chi connectivity index (χ0n) is 25.3. The van der Waals surface area contributed by atoms with Gasteiger partial charge in [-0.25, -0.2) is 0 Å². The Balaban J connectivity index is 2.37. The van der Waals surface area contributed by atoms with E-state index in [4.69, 9.17) is 0 Å². The standard InChI is InChI=1S/C34H66BN/c1-4-7-10-13-16-19-22-25-29-34-30-28-32-35(31-26-23-20-17-14-11-8-5-2)36(34)33-27-24-21-18-15-12-9-6-3/h28,30,32H,4-27,29,31,33H2,1-3H3. The molecule has 0 radical (unpaired) electrons. The van der Waals surface area contributed by atoms with Crippen molar-refractivity contribution in [3.8, 4) is 0 Å². The first kappa shape index (κ1) is 33.4. The van der Waals surface area contributed by atoms with Crippen molar-refractivity contribution in [1.82, 2.24) is 4.81 Å². The fraction of sp³-hybridized carbons (Fsp3) is 0.882. The van der Waals surface area contributed by atoms with Gasteiger partial charge in [0.15, 0.2) is 0 Å². The summed E-state index contributed by atoms with van der Waals surface area (Å²) in [4.78, 5) is 2.83. The van der Waals surface area contributed by atoms with E-state index < -0.39 is 0 Å². The molecule has 0 saturated heterocycles. The minimum absolute atomic E-state index is 0.656. The van der Waals surface area contributed by atoms with Gasteiger partial charge in [-0.15, -0.1) is 0 Å². The topological polar surface area (TPSA) is 3.24 Å². The van der Waals surface area contributed by atoms with Crippen molar-refractivity contribution in [2.45, 2.75) is 188 Å². The maximum Gasteiger partial charge on any atom is 0.280 e. The predicted octanol–water partition coefficient (Wildman–Crippen LogP) is 12.1. The Hall–Kier alpha value is -0.655. The molecule has 0 atom stereocenters. The van der Waals surface area contributed by atoms with Crippen LogP contribution in [0.5, 0.6) is 0 Å². The van der Waals surface area contributed by atoms with Crippen LogP contribution >= 0.6 is 0 Å². The summed E-state index contributed by atoms with van der Waals surface area (Å²) in [5.74, 6) is 2.52. The Kier molecular flexibility index (Phi) is 24.1. The van der Waals surface area contributed by atoms with Crippen LogP contribution in [0.4, 0.5) is 0 Å². The van der Waals surface area contributed by atoms with Crippen molar-refractivity contribution >= 4 is 6.85 Å². The van der Waals surface area contributed by atoms with Gasteiger partial charge in [-0.1, -0.05) is 174 Å². The molecule has 1 rings (SSSR count). The van der Waals surface area contributed by atoms with Gasteiger partial charge in [0, 0.05) is 12.2 Å². The number of hydrogen-bond donors (Lipinski definition) is 0. The second-order valence-corrected chi connectivity index (χ2v) is 11.8. The Bertz CT molecular complexity index is 511. The van der Waals surface area contributed by atoms with Gasteiger partial charge in [0.1, 0.15) is 0 Å². The molecule has 0 aromatic heterocycles. The summed E-state index contributed by atoms with van der Waals surface area (Å²) >= 11 is 0. The zero-order chi connectivity index (χ0) is 25.9. The average molecular weight is 500 g/mol. The second kappa shape index (κ2) is 26.0. The SMILES string of the molecule is CCCCCCCCCCB1C=CC=C(CCCCCCCCCC)N1CCCCCCCCCC. The molecule has 1 aliphatic heterocycles. The van der Waals surface area contributed by atoms with Crippen LogP contribution in [0.3, 0.4) is 0 Å². The molecule has 0 amide bonds. The first-order valence-electron chi connectivity index (χ1n) is 17.0. The lowest BCUT2D eigenvalue weighted by molar-refractivity contribution is 0.455. The minimum atomic E-state index is 0.656. The quantitative estimate of drug-likeness (QED) is 0.0802. The second-order valence-electron chi connectivity index (χ2n) is 11.8. The smallest absolute Gasteiger partial charge is 0.280 e. The van der Waals surface area contributed by atoms with Gasteiger partial charge in [-0.3, -0.25) is 0 Å². The van der Waals surface area contributed by atoms with Crippen LogP contribution < -0.4 is 0 Å². The van der Waals surface area contributed by atoms with Crippen molar-refractivity contribution in [1.29, 1.82) is 0 Å². The van der Waals surface area contributed by atoms with Crippen LogP contribution in [0.1, 0.15) is 181 Å². The van der Waals surface area contributed by atoms with Gasteiger partial charge in [0.2, 0.25) is 0 Å². The first-order valence-corrected chi connectivity index (χ1v) is 17.0. The summed E-state index contributed by atoms with van der Waals surface area (Å²) in [5.41, 5.74) is 1.65. The number of nitrogens with zero attached hydrogens (tertiary/aromatic N) is 1. The zero-order valence-corrected chi connectivity index (χ0v) is 25.3. The van der Waals surface area contributed by atoms with Crippen LogP contribution in [0.2, 0.25) is 6.32 Å². The van der Waals surface area contributed by atoms with E-state index in [1.165, 1.54) is 173 Å². The highest BCUT2D eigenvalue weighted by atomic mass is 15.1. The molecule has 0 spiro atoms. The van der Waals surface area contributed by atoms with Gasteiger partial charge in [-0.05, 0) is 31.7 Å². The van der Waals surface area contributed by atoms with Gasteiger partial charge in [0.05, 0.1) is 0 Å². The molecule has 1 aliphatic rings. The summed E-state index contributed by atoms with van der Waals surface area (Å²) < 4.78 is 0. The number of hydrogen-bond acceptors (Lipinski definition) is 1. The van der Waals surface area contributed by atoms with E-state index in [-0.39, 0.29) is 0 Å². The highest BCUT2D eigenvalue weighted by molar-refractivity contribution is 6.62. The third kappa shape index (κ3) is 18.6. The van der Waals surface area contributed by atoms with E-state index in [1.807, 2.05) is 0 Å². The maximum absolute atomic E-state index is 2.83. The van der Waals surface area contributed by atoms with Crippen LogP contribution in [0.15, 0.2) is 23.8 Å². The largest absolute Gasteiger partial charge is 0.414 e. The highest BCUT2D eigenvalue weighted by Gasteiger charge is 2.24. The lowest BCUT2D eigenvalue weighted by atomic mass is 9.54. The molecule has 0 fully saturated rings. The van der Waals surface area contributed by atoms with Crippen LogP contribution in [-0.4, -0.2) is 18.2 Å². The molecular weight excluding hydrogens is 433 g/mol. The van der Waals surface area contributed by atoms with Gasteiger partial charge < -0.3 is 4.81 Å². The molecule has 210 valence electrons. The van der Waals surface area contributed by atoms with E-state index in [1.54, 1.807) is 5.70 Å². The normalized spacial score (nSPS) is 13.6. The van der Waals surface area contributed by atoms with E-state index in [0.717, 1.165) is 0 Å². The molecule has 0 aromatic rings. The molecule has 0 aliphatic carbocycles. The molecule has 2 heteroatoms. The summed E-state index contributed by atoms with van der Waals surface area (Å²) in [6.45, 7) is 8.88. The lowest BCUT2D eigenvalue weighted by Gasteiger charge is -2.35. The van der Waals surface area contributed by atoms with Crippen molar-refractivity contribution in [2.75, 3.05) is 6.54 Å². The molecular formula is C34H66BN. The molecule has 0 N–H and O–H groups in total. The molecule has 36 heavy (non-hydrogen) atoms. The summed E-state index contributed by atoms with van der Waals surface area (Å²) in [6, 6.07) is 0. The molecule has 1 heterocycles. The Morgan fingerprint density at radius 1 is 0.500 bits per heavy atom. The fourth-order valence-corrected chi connectivity index (χ4v) is 5.84. The molecule has 0 bridgehead atoms. The number of allylic oxidation sites excluding steroid dienone is 3. The average Bonchev–Trinajstić information content (AvgIpc) is 2.89. The third-order valence-electron chi connectivity index (χ3n) is 8.28. The van der Waals surface area contributed by atoms with Crippen molar-refractivity contribution in [3.63, 3.8) is 0 Å². The maximum atomic E-state index is 2.83. The predicted molar refractivity (Wildman–Crippen MR) is 167 cm³/mol. The first-order chi connectivity index (χ1) is 17.8. The summed E-state index contributed by atoms with van der Waals surface area (Å²) in [6.07, 6.45) is 41.6. The molecule has 1 nitrogen and oxygen atoms in total. The van der Waals surface area contributed by atoms with Crippen LogP contribution in [-0.2, 0) is 0 Å². The van der Waals surface area contributed by atoms with Crippen molar-refractivity contribution in [2.24, 2.45) is 0 Å². The van der Waals surface area contributed by atoms with Gasteiger partial charge >= 0.3 is 0 Å². The van der Waals surface area contributed by atoms with Crippen molar-refractivity contribution < 1.29 is 0 Å². The van der Waals surface area contributed by atoms with Crippen LogP contribution in [0, 0.1) is 0 Å². The van der Waals surface area contributed by atoms with Crippen molar-refractivity contribution in [3.05, 3.63) is 23.8 Å². The summed E-state index contributed by atoms with van der Waals surface area (Å²) in [7, 11) is 0. The monoisotopic (exact) mass is 500 g/mol. The molecule has 0 saturated carbocycles. The lowest BCUT2D eigenvalue weighted by Crippen LogP contribution is -2.39. The number of unbranched alkanes of at least 4 members (excludes halogenated alkanes) is 21. The van der Waals surface area contributed by atoms with Gasteiger partial charge in [0.25, 0.3) is 6.85 Å². The Morgan fingerprint density at radius 3 is 1.42 bits per heavy atom. The third-order valence-corrected chi connectivity index (χ3v) is 8.28. The van der Waals surface area contributed by atoms with E-state index >= 15 is 0 Å². The van der Waals surface area contributed by atoms with E-state index in [0.29, 0.717) is 6.85 Å². The molecule has 0 unspecified atom stereocenters. The Morgan fingerprint density at radius 2 is 0.917 bits per heavy atom. The Labute approximate surface area is 229 Å². The van der Waals surface area contributed by atoms with Crippen LogP contribution in [0.25, 0.3) is 0 Å². The van der Waals surface area contributed by atoms with E-state index in [9.17, 15) is 0 Å². The molecule has 0 aromatic carbocycles. The highest BCUT2D eigenvalue weighted by Crippen LogP contribution is 2.25. The van der Waals surface area contributed by atoms with E-state index in [2.05, 4.69) is 43.7 Å². The fourth-order valence-electron chi connectivity index (χ4n) is 5.84.